The maximum atomic E-state index is 11.1. The van der Waals surface area contributed by atoms with Crippen molar-refractivity contribution in [1.29, 1.82) is 5.26 Å². The lowest BCUT2D eigenvalue weighted by atomic mass is 10.3. The molecule has 0 heterocycles. The van der Waals surface area contributed by atoms with E-state index in [0.29, 0.717) is 15.7 Å². The summed E-state index contributed by atoms with van der Waals surface area (Å²) < 4.78 is 0. The maximum Gasteiger partial charge on any atom is 0.171 e. The lowest BCUT2D eigenvalue weighted by molar-refractivity contribution is -0.117. The molecule has 0 saturated carbocycles. The van der Waals surface area contributed by atoms with Gasteiger partial charge in [0.2, 0.25) is 0 Å². The number of hydrogen-bond donors (Lipinski definition) is 2. The Labute approximate surface area is 120 Å². The van der Waals surface area contributed by atoms with Crippen molar-refractivity contribution in [1.82, 2.24) is 5.32 Å². The lowest BCUT2D eigenvalue weighted by Gasteiger charge is -2.10. The number of nitrogens with one attached hydrogen (secondary N) is 2. The average molecular weight is 302 g/mol. The summed E-state index contributed by atoms with van der Waals surface area (Å²) in [5.74, 6) is -0.226. The van der Waals surface area contributed by atoms with E-state index in [-0.39, 0.29) is 23.9 Å². The summed E-state index contributed by atoms with van der Waals surface area (Å²) in [4.78, 5) is 11.1. The first-order valence-electron chi connectivity index (χ1n) is 4.91. The largest absolute Gasteiger partial charge is 0.355 e. The van der Waals surface area contributed by atoms with Gasteiger partial charge >= 0.3 is 0 Å². The number of carbonyl (C=O) groups is 1. The standard InChI is InChI=1S/C11H9Cl2N3OS/c12-9-2-1-7(5-10(9)13)16-11(18)15-6-8(17)3-4-14/h1-2,5H,3,6H2,(H2,15,16,18). The molecule has 94 valence electrons. The van der Waals surface area contributed by atoms with Crippen LogP contribution >= 0.6 is 35.4 Å². The maximum absolute atomic E-state index is 11.1. The molecule has 4 nitrogen and oxygen atoms in total. The van der Waals surface area contributed by atoms with E-state index in [1.54, 1.807) is 24.3 Å². The first-order chi connectivity index (χ1) is 8.52. The number of ketones is 1. The van der Waals surface area contributed by atoms with Crippen LogP contribution in [0.3, 0.4) is 0 Å². The zero-order valence-electron chi connectivity index (χ0n) is 9.17. The van der Waals surface area contributed by atoms with Crippen LogP contribution in [0.25, 0.3) is 0 Å². The van der Waals surface area contributed by atoms with Gasteiger partial charge in [-0.2, -0.15) is 5.26 Å². The summed E-state index contributed by atoms with van der Waals surface area (Å²) in [7, 11) is 0. The number of thiocarbonyl (C=S) groups is 1. The number of anilines is 1. The molecule has 18 heavy (non-hydrogen) atoms. The van der Waals surface area contributed by atoms with Crippen molar-refractivity contribution < 1.29 is 4.79 Å². The molecule has 0 amide bonds. The molecule has 0 radical (unpaired) electrons. The van der Waals surface area contributed by atoms with Crippen molar-refractivity contribution in [2.45, 2.75) is 6.42 Å². The SMILES string of the molecule is N#CCC(=O)CNC(=S)Nc1ccc(Cl)c(Cl)c1. The first kappa shape index (κ1) is 14.7. The van der Waals surface area contributed by atoms with Gasteiger partial charge in [0.15, 0.2) is 10.9 Å². The molecular formula is C11H9Cl2N3OS. The summed E-state index contributed by atoms with van der Waals surface area (Å²) in [6.07, 6.45) is -0.137. The lowest BCUT2D eigenvalue weighted by Crippen LogP contribution is -2.32. The minimum Gasteiger partial charge on any atom is -0.355 e. The molecule has 0 atom stereocenters. The third-order valence-corrected chi connectivity index (χ3v) is 2.89. The average Bonchev–Trinajstić information content (AvgIpc) is 2.32. The Bertz CT molecular complexity index is 514. The van der Waals surface area contributed by atoms with Crippen LogP contribution in [0.4, 0.5) is 5.69 Å². The molecule has 0 aliphatic heterocycles. The molecule has 7 heteroatoms. The second kappa shape index (κ2) is 7.17. The molecule has 0 fully saturated rings. The summed E-state index contributed by atoms with van der Waals surface area (Å²) in [5.41, 5.74) is 0.662. The quantitative estimate of drug-likeness (QED) is 0.837. The van der Waals surface area contributed by atoms with Gasteiger partial charge in [0.25, 0.3) is 0 Å². The number of nitrogens with zero attached hydrogens (tertiary/aromatic N) is 1. The van der Waals surface area contributed by atoms with E-state index in [0.717, 1.165) is 0 Å². The summed E-state index contributed by atoms with van der Waals surface area (Å²) in [5, 5.41) is 15.0. The Balaban J connectivity index is 2.47. The van der Waals surface area contributed by atoms with Gasteiger partial charge in [-0.05, 0) is 30.4 Å². The third-order valence-electron chi connectivity index (χ3n) is 1.90. The fourth-order valence-corrected chi connectivity index (χ4v) is 1.57. The highest BCUT2D eigenvalue weighted by atomic mass is 35.5. The predicted octanol–water partition coefficient (Wildman–Crippen LogP) is 2.76. The highest BCUT2D eigenvalue weighted by Gasteiger charge is 2.04. The van der Waals surface area contributed by atoms with E-state index >= 15 is 0 Å². The molecule has 0 saturated heterocycles. The fourth-order valence-electron chi connectivity index (χ4n) is 1.08. The number of nitriles is 1. The first-order valence-corrected chi connectivity index (χ1v) is 6.08. The second-order valence-electron chi connectivity index (χ2n) is 3.31. The number of hydrogen-bond acceptors (Lipinski definition) is 3. The Morgan fingerprint density at radius 1 is 1.39 bits per heavy atom. The molecule has 1 rings (SSSR count). The smallest absolute Gasteiger partial charge is 0.171 e. The van der Waals surface area contributed by atoms with Gasteiger partial charge in [-0.25, -0.2) is 0 Å². The van der Waals surface area contributed by atoms with Crippen molar-refractivity contribution >= 4 is 52.0 Å². The van der Waals surface area contributed by atoms with Crippen LogP contribution in [-0.4, -0.2) is 17.4 Å². The monoisotopic (exact) mass is 301 g/mol. The topological polar surface area (TPSA) is 64.9 Å². The van der Waals surface area contributed by atoms with Crippen molar-refractivity contribution in [3.63, 3.8) is 0 Å². The van der Waals surface area contributed by atoms with Crippen LogP contribution in [0.15, 0.2) is 18.2 Å². The molecule has 0 unspecified atom stereocenters. The number of rotatable bonds is 4. The minimum atomic E-state index is -0.226. The second-order valence-corrected chi connectivity index (χ2v) is 4.53. The molecule has 0 spiro atoms. The van der Waals surface area contributed by atoms with Gasteiger partial charge in [-0.1, -0.05) is 23.2 Å². The number of Topliss-reactive ketones (excluding diaryl/α,β-unsaturated/α-hetero) is 1. The molecule has 0 aliphatic carbocycles. The van der Waals surface area contributed by atoms with Crippen LogP contribution in [-0.2, 0) is 4.79 Å². The molecular weight excluding hydrogens is 293 g/mol. The summed E-state index contributed by atoms with van der Waals surface area (Å²) in [6, 6.07) is 6.73. The zero-order valence-corrected chi connectivity index (χ0v) is 11.5. The van der Waals surface area contributed by atoms with Crippen LogP contribution in [0, 0.1) is 11.3 Å². The number of carbonyl (C=O) groups excluding carboxylic acids is 1. The highest BCUT2D eigenvalue weighted by molar-refractivity contribution is 7.80. The Hall–Kier alpha value is -1.35. The van der Waals surface area contributed by atoms with E-state index in [9.17, 15) is 4.79 Å². The summed E-state index contributed by atoms with van der Waals surface area (Å²) >= 11 is 16.6. The Morgan fingerprint density at radius 3 is 2.72 bits per heavy atom. The van der Waals surface area contributed by atoms with Crippen LogP contribution < -0.4 is 10.6 Å². The van der Waals surface area contributed by atoms with E-state index in [4.69, 9.17) is 40.7 Å². The van der Waals surface area contributed by atoms with Gasteiger partial charge in [-0.15, -0.1) is 0 Å². The third kappa shape index (κ3) is 4.88. The van der Waals surface area contributed by atoms with Crippen molar-refractivity contribution in [3.05, 3.63) is 28.2 Å². The fraction of sp³-hybridized carbons (Fsp3) is 0.182. The molecule has 2 N–H and O–H groups in total. The van der Waals surface area contributed by atoms with E-state index in [1.807, 2.05) is 0 Å². The molecule has 0 aromatic heterocycles. The van der Waals surface area contributed by atoms with Crippen LogP contribution in [0.5, 0.6) is 0 Å². The van der Waals surface area contributed by atoms with Gasteiger partial charge in [0, 0.05) is 5.69 Å². The zero-order chi connectivity index (χ0) is 13.5. The molecule has 1 aromatic carbocycles. The van der Waals surface area contributed by atoms with Gasteiger partial charge in [0.1, 0.15) is 0 Å². The van der Waals surface area contributed by atoms with Crippen molar-refractivity contribution in [2.24, 2.45) is 0 Å². The van der Waals surface area contributed by atoms with E-state index in [2.05, 4.69) is 10.6 Å². The summed E-state index contributed by atoms with van der Waals surface area (Å²) in [6.45, 7) is 0.0146. The highest BCUT2D eigenvalue weighted by Crippen LogP contribution is 2.24. The van der Waals surface area contributed by atoms with Crippen LogP contribution in [0.2, 0.25) is 10.0 Å². The molecule has 1 aromatic rings. The van der Waals surface area contributed by atoms with Gasteiger partial charge in [-0.3, -0.25) is 4.79 Å². The van der Waals surface area contributed by atoms with E-state index in [1.165, 1.54) is 0 Å². The van der Waals surface area contributed by atoms with E-state index < -0.39 is 0 Å². The van der Waals surface area contributed by atoms with Crippen LogP contribution in [0.1, 0.15) is 6.42 Å². The number of benzene rings is 1. The van der Waals surface area contributed by atoms with Gasteiger partial charge in [0.05, 0.1) is 29.1 Å². The number of halogens is 2. The minimum absolute atomic E-state index is 0.0146. The Kier molecular flexibility index (Phi) is 5.86. The molecule has 0 bridgehead atoms. The Morgan fingerprint density at radius 2 is 2.11 bits per heavy atom. The predicted molar refractivity (Wildman–Crippen MR) is 75.9 cm³/mol. The van der Waals surface area contributed by atoms with Gasteiger partial charge < -0.3 is 10.6 Å². The van der Waals surface area contributed by atoms with Crippen molar-refractivity contribution in [3.8, 4) is 6.07 Å². The normalized spacial score (nSPS) is 9.39. The van der Waals surface area contributed by atoms with Crippen molar-refractivity contribution in [2.75, 3.05) is 11.9 Å². The molecule has 0 aliphatic rings.